The van der Waals surface area contributed by atoms with Gasteiger partial charge in [0.15, 0.2) is 0 Å². The summed E-state index contributed by atoms with van der Waals surface area (Å²) < 4.78 is 58.9. The van der Waals surface area contributed by atoms with Crippen molar-refractivity contribution in [2.75, 3.05) is 42.6 Å². The molecular formula is C23H31N3O6S2. The molecule has 2 aromatic carbocycles. The number of hydrogen-bond donors (Lipinski definition) is 1. The third-order valence-corrected chi connectivity index (χ3v) is 8.91. The lowest BCUT2D eigenvalue weighted by Gasteiger charge is -2.27. The second kappa shape index (κ2) is 10.3. The first-order valence-electron chi connectivity index (χ1n) is 11.0. The van der Waals surface area contributed by atoms with Gasteiger partial charge in [-0.15, -0.1) is 0 Å². The Balaban J connectivity index is 1.86. The number of aryl methyl sites for hydroxylation is 2. The molecule has 0 radical (unpaired) electrons. The van der Waals surface area contributed by atoms with Crippen LogP contribution >= 0.6 is 0 Å². The van der Waals surface area contributed by atoms with Crippen molar-refractivity contribution in [1.82, 2.24) is 4.31 Å². The maximum absolute atomic E-state index is 13.2. The predicted molar refractivity (Wildman–Crippen MR) is 132 cm³/mol. The molecule has 1 fully saturated rings. The summed E-state index contributed by atoms with van der Waals surface area (Å²) in [5, 5.41) is 2.62. The second-order valence-electron chi connectivity index (χ2n) is 8.42. The van der Waals surface area contributed by atoms with Gasteiger partial charge in [0.25, 0.3) is 0 Å². The van der Waals surface area contributed by atoms with E-state index < -0.39 is 32.5 Å². The Bertz CT molecular complexity index is 1270. The number of carbonyl (C=O) groups is 1. The number of hydrogen-bond acceptors (Lipinski definition) is 6. The average molecular weight is 510 g/mol. The van der Waals surface area contributed by atoms with Crippen LogP contribution in [-0.2, 0) is 24.8 Å². The zero-order chi connectivity index (χ0) is 25.1. The number of nitrogens with zero attached hydrogens (tertiary/aromatic N) is 2. The molecule has 11 heteroatoms. The standard InChI is InChI=1S/C23H31N3O6S2/c1-17-8-10-20(14-18(17)2)26(33(4,28)29)16-23(27)24-19-9-11-21(32-3)22(15-19)34(30,31)25-12-6-5-7-13-25/h8-11,14-15H,5-7,12-13,16H2,1-4H3,(H,24,27). The number of sulfonamides is 2. The summed E-state index contributed by atoms with van der Waals surface area (Å²) in [4.78, 5) is 12.8. The SMILES string of the molecule is COc1ccc(NC(=O)CN(c2ccc(C)c(C)c2)S(C)(=O)=O)cc1S(=O)(=O)N1CCCCC1. The quantitative estimate of drug-likeness (QED) is 0.586. The van der Waals surface area contributed by atoms with Gasteiger partial charge in [-0.1, -0.05) is 12.5 Å². The Hall–Kier alpha value is -2.63. The van der Waals surface area contributed by atoms with E-state index in [0.29, 0.717) is 18.8 Å². The lowest BCUT2D eigenvalue weighted by atomic mass is 10.1. The van der Waals surface area contributed by atoms with Gasteiger partial charge in [0.2, 0.25) is 26.0 Å². The molecule has 1 aliphatic heterocycles. The zero-order valence-corrected chi connectivity index (χ0v) is 21.5. The van der Waals surface area contributed by atoms with Crippen molar-refractivity contribution in [3.05, 3.63) is 47.5 Å². The third kappa shape index (κ3) is 5.89. The fourth-order valence-electron chi connectivity index (χ4n) is 3.81. The van der Waals surface area contributed by atoms with Gasteiger partial charge in [-0.05, 0) is 68.1 Å². The number of carbonyl (C=O) groups excluding carboxylic acids is 1. The monoisotopic (exact) mass is 509 g/mol. The Morgan fingerprint density at radius 2 is 1.68 bits per heavy atom. The largest absolute Gasteiger partial charge is 0.495 e. The van der Waals surface area contributed by atoms with Gasteiger partial charge in [-0.25, -0.2) is 16.8 Å². The second-order valence-corrected chi connectivity index (χ2v) is 12.2. The molecule has 0 bridgehead atoms. The molecule has 2 aromatic rings. The van der Waals surface area contributed by atoms with Crippen molar-refractivity contribution < 1.29 is 26.4 Å². The fraction of sp³-hybridized carbons (Fsp3) is 0.435. The molecule has 186 valence electrons. The minimum atomic E-state index is -3.81. The van der Waals surface area contributed by atoms with Crippen LogP contribution in [0.1, 0.15) is 30.4 Å². The molecule has 34 heavy (non-hydrogen) atoms. The molecule has 1 amide bonds. The van der Waals surface area contributed by atoms with Gasteiger partial charge < -0.3 is 10.1 Å². The first-order chi connectivity index (χ1) is 15.9. The molecule has 1 heterocycles. The van der Waals surface area contributed by atoms with Crippen molar-refractivity contribution in [3.63, 3.8) is 0 Å². The van der Waals surface area contributed by atoms with Crippen LogP contribution in [0.2, 0.25) is 0 Å². The number of anilines is 2. The molecule has 0 aliphatic carbocycles. The molecule has 0 saturated carbocycles. The first kappa shape index (κ1) is 26.0. The fourth-order valence-corrected chi connectivity index (χ4v) is 6.36. The van der Waals surface area contributed by atoms with Crippen molar-refractivity contribution in [2.45, 2.75) is 38.0 Å². The van der Waals surface area contributed by atoms with E-state index in [1.807, 2.05) is 13.8 Å². The van der Waals surface area contributed by atoms with Crippen LogP contribution in [0.4, 0.5) is 11.4 Å². The zero-order valence-electron chi connectivity index (χ0n) is 19.9. The van der Waals surface area contributed by atoms with Gasteiger partial charge in [0.1, 0.15) is 17.2 Å². The van der Waals surface area contributed by atoms with E-state index in [1.165, 1.54) is 29.6 Å². The molecular weight excluding hydrogens is 478 g/mol. The van der Waals surface area contributed by atoms with Crippen molar-refractivity contribution in [3.8, 4) is 5.75 Å². The molecule has 0 unspecified atom stereocenters. The highest BCUT2D eigenvalue weighted by Gasteiger charge is 2.29. The number of amides is 1. The smallest absolute Gasteiger partial charge is 0.246 e. The summed E-state index contributed by atoms with van der Waals surface area (Å²) in [6.07, 6.45) is 3.60. The lowest BCUT2D eigenvalue weighted by Crippen LogP contribution is -2.37. The summed E-state index contributed by atoms with van der Waals surface area (Å²) in [7, 11) is -6.17. The molecule has 0 atom stereocenters. The van der Waals surface area contributed by atoms with Crippen LogP contribution in [0.3, 0.4) is 0 Å². The number of ether oxygens (including phenoxy) is 1. The summed E-state index contributed by atoms with van der Waals surface area (Å²) >= 11 is 0. The van der Waals surface area contributed by atoms with E-state index in [1.54, 1.807) is 18.2 Å². The van der Waals surface area contributed by atoms with Gasteiger partial charge in [-0.3, -0.25) is 9.10 Å². The van der Waals surface area contributed by atoms with E-state index in [2.05, 4.69) is 5.32 Å². The molecule has 1 aliphatic rings. The third-order valence-electron chi connectivity index (χ3n) is 5.85. The molecule has 9 nitrogen and oxygen atoms in total. The van der Waals surface area contributed by atoms with Gasteiger partial charge in [0, 0.05) is 18.8 Å². The van der Waals surface area contributed by atoms with Crippen molar-refractivity contribution >= 4 is 37.3 Å². The maximum atomic E-state index is 13.2. The number of rotatable bonds is 8. The number of nitrogens with one attached hydrogen (secondary N) is 1. The van der Waals surface area contributed by atoms with E-state index in [0.717, 1.165) is 41.0 Å². The average Bonchev–Trinajstić information content (AvgIpc) is 2.79. The van der Waals surface area contributed by atoms with E-state index in [4.69, 9.17) is 4.74 Å². The minimum Gasteiger partial charge on any atom is -0.495 e. The molecule has 0 aromatic heterocycles. The van der Waals surface area contributed by atoms with Crippen LogP contribution in [0.15, 0.2) is 41.3 Å². The van der Waals surface area contributed by atoms with Crippen LogP contribution in [0.5, 0.6) is 5.75 Å². The van der Waals surface area contributed by atoms with Crippen LogP contribution in [0, 0.1) is 13.8 Å². The van der Waals surface area contributed by atoms with Gasteiger partial charge >= 0.3 is 0 Å². The summed E-state index contributed by atoms with van der Waals surface area (Å²) in [6, 6.07) is 9.49. The topological polar surface area (TPSA) is 113 Å². The van der Waals surface area contributed by atoms with Crippen molar-refractivity contribution in [1.29, 1.82) is 0 Å². The van der Waals surface area contributed by atoms with Crippen molar-refractivity contribution in [2.24, 2.45) is 0 Å². The lowest BCUT2D eigenvalue weighted by molar-refractivity contribution is -0.114. The maximum Gasteiger partial charge on any atom is 0.246 e. The van der Waals surface area contributed by atoms with Crippen LogP contribution in [-0.4, -0.2) is 60.0 Å². The molecule has 1 saturated heterocycles. The predicted octanol–water partition coefficient (Wildman–Crippen LogP) is 2.89. The Labute approximate surface area is 201 Å². The van der Waals surface area contributed by atoms with E-state index in [-0.39, 0.29) is 16.3 Å². The number of benzene rings is 2. The highest BCUT2D eigenvalue weighted by Crippen LogP contribution is 2.31. The first-order valence-corrected chi connectivity index (χ1v) is 14.3. The van der Waals surface area contributed by atoms with Crippen LogP contribution < -0.4 is 14.4 Å². The number of piperidine rings is 1. The highest BCUT2D eigenvalue weighted by atomic mass is 32.2. The van der Waals surface area contributed by atoms with Gasteiger partial charge in [0.05, 0.1) is 19.1 Å². The molecule has 0 spiro atoms. The summed E-state index contributed by atoms with van der Waals surface area (Å²) in [5.74, 6) is -0.424. The normalized spacial score (nSPS) is 15.1. The minimum absolute atomic E-state index is 0.0381. The van der Waals surface area contributed by atoms with E-state index >= 15 is 0 Å². The Kier molecular flexibility index (Phi) is 7.89. The van der Waals surface area contributed by atoms with Gasteiger partial charge in [-0.2, -0.15) is 4.31 Å². The Morgan fingerprint density at radius 3 is 2.26 bits per heavy atom. The summed E-state index contributed by atoms with van der Waals surface area (Å²) in [6.45, 7) is 4.18. The molecule has 3 rings (SSSR count). The number of methoxy groups -OCH3 is 1. The summed E-state index contributed by atoms with van der Waals surface area (Å²) in [5.41, 5.74) is 2.51. The molecule has 1 N–H and O–H groups in total. The highest BCUT2D eigenvalue weighted by molar-refractivity contribution is 7.92. The van der Waals surface area contributed by atoms with E-state index in [9.17, 15) is 21.6 Å². The van der Waals surface area contributed by atoms with Crippen LogP contribution in [0.25, 0.3) is 0 Å². The Morgan fingerprint density at radius 1 is 1.00 bits per heavy atom.